The smallest absolute Gasteiger partial charge is 0.163 e. The fourth-order valence-electron chi connectivity index (χ4n) is 1.57. The molecule has 1 unspecified atom stereocenters. The van der Waals surface area contributed by atoms with E-state index in [9.17, 15) is 5.11 Å². The Kier molecular flexibility index (Phi) is 4.80. The Morgan fingerprint density at radius 1 is 1.47 bits per heavy atom. The van der Waals surface area contributed by atoms with Crippen molar-refractivity contribution >= 4 is 0 Å². The van der Waals surface area contributed by atoms with E-state index < -0.39 is 6.04 Å². The van der Waals surface area contributed by atoms with E-state index in [-0.39, 0.29) is 11.8 Å². The second-order valence-corrected chi connectivity index (χ2v) is 4.01. The molecule has 4 nitrogen and oxygen atoms in total. The van der Waals surface area contributed by atoms with Gasteiger partial charge in [0.15, 0.2) is 11.5 Å². The first-order chi connectivity index (χ1) is 8.10. The third kappa shape index (κ3) is 3.36. The molecule has 1 rings (SSSR count). The molecule has 0 spiro atoms. The Morgan fingerprint density at radius 3 is 2.71 bits per heavy atom. The van der Waals surface area contributed by atoms with Crippen molar-refractivity contribution in [1.82, 2.24) is 5.32 Å². The van der Waals surface area contributed by atoms with Gasteiger partial charge >= 0.3 is 0 Å². The van der Waals surface area contributed by atoms with Crippen LogP contribution < -0.4 is 10.1 Å². The molecule has 0 heterocycles. The van der Waals surface area contributed by atoms with Crippen molar-refractivity contribution in [1.29, 1.82) is 5.26 Å². The highest BCUT2D eigenvalue weighted by Gasteiger charge is 2.18. The molecule has 0 aliphatic heterocycles. The van der Waals surface area contributed by atoms with Crippen LogP contribution in [0.2, 0.25) is 0 Å². The number of phenolic OH excluding ortho intramolecular Hbond substituents is 1. The van der Waals surface area contributed by atoms with Crippen LogP contribution in [-0.4, -0.2) is 17.8 Å². The summed E-state index contributed by atoms with van der Waals surface area (Å²) in [5.74, 6) is 0.449. The molecule has 0 aliphatic carbocycles. The number of nitriles is 1. The highest BCUT2D eigenvalue weighted by atomic mass is 16.5. The van der Waals surface area contributed by atoms with E-state index in [0.717, 1.165) is 0 Å². The maximum Gasteiger partial charge on any atom is 0.163 e. The Balaban J connectivity index is 3.04. The average molecular weight is 234 g/mol. The highest BCUT2D eigenvalue weighted by Crippen LogP contribution is 2.33. The van der Waals surface area contributed by atoms with Gasteiger partial charge < -0.3 is 9.84 Å². The Labute approximate surface area is 102 Å². The van der Waals surface area contributed by atoms with E-state index in [0.29, 0.717) is 17.9 Å². The lowest BCUT2D eigenvalue weighted by molar-refractivity contribution is 0.315. The fourth-order valence-corrected chi connectivity index (χ4v) is 1.57. The molecule has 17 heavy (non-hydrogen) atoms. The van der Waals surface area contributed by atoms with Gasteiger partial charge in [0.2, 0.25) is 0 Å². The van der Waals surface area contributed by atoms with Gasteiger partial charge in [-0.25, -0.2) is 0 Å². The van der Waals surface area contributed by atoms with Crippen LogP contribution in [0.1, 0.15) is 32.4 Å². The van der Waals surface area contributed by atoms with Crippen LogP contribution in [0.4, 0.5) is 0 Å². The van der Waals surface area contributed by atoms with E-state index in [4.69, 9.17) is 10.00 Å². The van der Waals surface area contributed by atoms with E-state index in [1.54, 1.807) is 18.2 Å². The van der Waals surface area contributed by atoms with Crippen molar-refractivity contribution in [3.05, 3.63) is 23.8 Å². The zero-order chi connectivity index (χ0) is 12.8. The van der Waals surface area contributed by atoms with E-state index in [1.165, 1.54) is 0 Å². The third-order valence-electron chi connectivity index (χ3n) is 2.27. The maximum atomic E-state index is 10.0. The number of nitrogens with zero attached hydrogens (tertiary/aromatic N) is 1. The van der Waals surface area contributed by atoms with Gasteiger partial charge in [-0.2, -0.15) is 5.26 Å². The predicted octanol–water partition coefficient (Wildman–Crippen LogP) is 2.35. The van der Waals surface area contributed by atoms with Crippen molar-refractivity contribution in [3.63, 3.8) is 0 Å². The SMILES string of the molecule is CCOc1cccc(C(C#N)NC(C)C)c1O. The van der Waals surface area contributed by atoms with Crippen LogP contribution in [0.5, 0.6) is 11.5 Å². The first-order valence-corrected chi connectivity index (χ1v) is 5.70. The summed E-state index contributed by atoms with van der Waals surface area (Å²) in [6, 6.07) is 6.94. The lowest BCUT2D eigenvalue weighted by Gasteiger charge is -2.17. The summed E-state index contributed by atoms with van der Waals surface area (Å²) in [4.78, 5) is 0. The molecule has 0 bridgehead atoms. The van der Waals surface area contributed by atoms with Gasteiger partial charge in [-0.15, -0.1) is 0 Å². The molecule has 0 aliphatic rings. The second-order valence-electron chi connectivity index (χ2n) is 4.01. The number of benzene rings is 1. The minimum absolute atomic E-state index is 0.0362. The summed E-state index contributed by atoms with van der Waals surface area (Å²) in [5, 5.41) is 22.2. The monoisotopic (exact) mass is 234 g/mol. The lowest BCUT2D eigenvalue weighted by atomic mass is 10.1. The molecule has 4 heteroatoms. The Hall–Kier alpha value is -1.73. The van der Waals surface area contributed by atoms with Gasteiger partial charge in [0.25, 0.3) is 0 Å². The first kappa shape index (κ1) is 13.3. The van der Waals surface area contributed by atoms with Crippen molar-refractivity contribution in [2.24, 2.45) is 0 Å². The number of rotatable bonds is 5. The number of ether oxygens (including phenoxy) is 1. The number of phenols is 1. The summed E-state index contributed by atoms with van der Waals surface area (Å²) in [5.41, 5.74) is 0.548. The van der Waals surface area contributed by atoms with Gasteiger partial charge in [-0.05, 0) is 26.8 Å². The number of nitrogens with one attached hydrogen (secondary N) is 1. The average Bonchev–Trinajstić information content (AvgIpc) is 2.29. The molecular weight excluding hydrogens is 216 g/mol. The fraction of sp³-hybridized carbons (Fsp3) is 0.462. The molecule has 1 aromatic rings. The molecule has 0 saturated heterocycles. The summed E-state index contributed by atoms with van der Waals surface area (Å²) >= 11 is 0. The molecule has 2 N–H and O–H groups in total. The normalized spacial score (nSPS) is 12.2. The Bertz CT molecular complexity index is 410. The minimum atomic E-state index is -0.532. The molecule has 0 radical (unpaired) electrons. The predicted molar refractivity (Wildman–Crippen MR) is 65.9 cm³/mol. The summed E-state index contributed by atoms with van der Waals surface area (Å²) < 4.78 is 5.29. The van der Waals surface area contributed by atoms with Crippen molar-refractivity contribution in [3.8, 4) is 17.6 Å². The van der Waals surface area contributed by atoms with E-state index >= 15 is 0 Å². The third-order valence-corrected chi connectivity index (χ3v) is 2.27. The zero-order valence-corrected chi connectivity index (χ0v) is 10.4. The number of hydrogen-bond donors (Lipinski definition) is 2. The first-order valence-electron chi connectivity index (χ1n) is 5.70. The van der Waals surface area contributed by atoms with Gasteiger partial charge in [-0.1, -0.05) is 12.1 Å². The molecule has 92 valence electrons. The number of aromatic hydroxyl groups is 1. The topological polar surface area (TPSA) is 65.3 Å². The molecule has 0 aromatic heterocycles. The summed E-state index contributed by atoms with van der Waals surface area (Å²) in [6.07, 6.45) is 0. The van der Waals surface area contributed by atoms with Gasteiger partial charge in [0, 0.05) is 11.6 Å². The van der Waals surface area contributed by atoms with Crippen LogP contribution >= 0.6 is 0 Å². The molecule has 1 aromatic carbocycles. The molecule has 0 amide bonds. The van der Waals surface area contributed by atoms with E-state index in [1.807, 2.05) is 20.8 Å². The van der Waals surface area contributed by atoms with Crippen LogP contribution in [0.15, 0.2) is 18.2 Å². The van der Waals surface area contributed by atoms with Crippen LogP contribution in [0.3, 0.4) is 0 Å². The number of hydrogen-bond acceptors (Lipinski definition) is 4. The molecule has 1 atom stereocenters. The van der Waals surface area contributed by atoms with Gasteiger partial charge in [-0.3, -0.25) is 5.32 Å². The van der Waals surface area contributed by atoms with Crippen LogP contribution in [-0.2, 0) is 0 Å². The van der Waals surface area contributed by atoms with Gasteiger partial charge in [0.05, 0.1) is 12.7 Å². The van der Waals surface area contributed by atoms with E-state index in [2.05, 4.69) is 11.4 Å². The summed E-state index contributed by atoms with van der Waals surface area (Å²) in [6.45, 7) is 6.23. The van der Waals surface area contributed by atoms with Crippen LogP contribution in [0.25, 0.3) is 0 Å². The number of para-hydroxylation sites is 1. The lowest BCUT2D eigenvalue weighted by Crippen LogP contribution is -2.27. The zero-order valence-electron chi connectivity index (χ0n) is 10.4. The van der Waals surface area contributed by atoms with Crippen molar-refractivity contribution in [2.45, 2.75) is 32.9 Å². The second kappa shape index (κ2) is 6.12. The minimum Gasteiger partial charge on any atom is -0.504 e. The molecule has 0 saturated carbocycles. The quantitative estimate of drug-likeness (QED) is 0.820. The molecule has 0 fully saturated rings. The van der Waals surface area contributed by atoms with Crippen molar-refractivity contribution < 1.29 is 9.84 Å². The Morgan fingerprint density at radius 2 is 2.18 bits per heavy atom. The largest absolute Gasteiger partial charge is 0.504 e. The van der Waals surface area contributed by atoms with Crippen LogP contribution in [0, 0.1) is 11.3 Å². The molecular formula is C13H18N2O2. The maximum absolute atomic E-state index is 10.0. The van der Waals surface area contributed by atoms with Crippen molar-refractivity contribution in [2.75, 3.05) is 6.61 Å². The highest BCUT2D eigenvalue weighted by molar-refractivity contribution is 5.48. The standard InChI is InChI=1S/C13H18N2O2/c1-4-17-12-7-5-6-10(13(12)16)11(8-14)15-9(2)3/h5-7,9,11,15-16H,4H2,1-3H3. The summed E-state index contributed by atoms with van der Waals surface area (Å²) in [7, 11) is 0. The van der Waals surface area contributed by atoms with Gasteiger partial charge in [0.1, 0.15) is 6.04 Å².